The highest BCUT2D eigenvalue weighted by atomic mass is 35.5. The number of halogens is 2. The molecule has 0 unspecified atom stereocenters. The van der Waals surface area contributed by atoms with E-state index in [4.69, 9.17) is 27.9 Å². The van der Waals surface area contributed by atoms with Crippen LogP contribution < -0.4 is 10.2 Å². The van der Waals surface area contributed by atoms with Gasteiger partial charge in [0.15, 0.2) is 11.0 Å². The van der Waals surface area contributed by atoms with Gasteiger partial charge in [-0.25, -0.2) is 5.43 Å². The largest absolute Gasteiger partial charge is 0.494 e. The van der Waals surface area contributed by atoms with Gasteiger partial charge >= 0.3 is 0 Å². The van der Waals surface area contributed by atoms with Gasteiger partial charge in [0, 0.05) is 26.9 Å². The van der Waals surface area contributed by atoms with E-state index < -0.39 is 0 Å². The van der Waals surface area contributed by atoms with Crippen molar-refractivity contribution in [2.75, 3.05) is 12.4 Å². The summed E-state index contributed by atoms with van der Waals surface area (Å²) in [5.41, 5.74) is 5.64. The Labute approximate surface area is 223 Å². The van der Waals surface area contributed by atoms with Crippen LogP contribution in [0.1, 0.15) is 19.4 Å². The number of nitrogens with zero attached hydrogens (tertiary/aromatic N) is 4. The molecule has 1 aromatic heterocycles. The van der Waals surface area contributed by atoms with E-state index >= 15 is 0 Å². The predicted molar refractivity (Wildman–Crippen MR) is 146 cm³/mol. The molecule has 0 radical (unpaired) electrons. The number of carbonyl (C=O) groups is 1. The Morgan fingerprint density at radius 2 is 1.75 bits per heavy atom. The van der Waals surface area contributed by atoms with Crippen molar-refractivity contribution in [1.29, 1.82) is 0 Å². The lowest BCUT2D eigenvalue weighted by molar-refractivity contribution is -0.118. The molecule has 0 aliphatic carbocycles. The first-order chi connectivity index (χ1) is 17.5. The Kier molecular flexibility index (Phi) is 8.64. The van der Waals surface area contributed by atoms with Crippen LogP contribution in [0.2, 0.25) is 10.0 Å². The van der Waals surface area contributed by atoms with Crippen LogP contribution in [0.3, 0.4) is 0 Å². The minimum atomic E-state index is -0.277. The van der Waals surface area contributed by atoms with Crippen LogP contribution in [0, 0.1) is 0 Å². The average Bonchev–Trinajstić information content (AvgIpc) is 3.31. The molecule has 0 saturated heterocycles. The lowest BCUT2D eigenvalue weighted by atomic mass is 10.1. The van der Waals surface area contributed by atoms with Crippen LogP contribution in [-0.4, -0.2) is 38.7 Å². The molecular formula is C26H23Cl2N5O2S. The van der Waals surface area contributed by atoms with Gasteiger partial charge in [-0.05, 0) is 68.4 Å². The summed E-state index contributed by atoms with van der Waals surface area (Å²) in [6.45, 7) is 4.30. The third-order valence-corrected chi connectivity index (χ3v) is 6.60. The van der Waals surface area contributed by atoms with Crippen LogP contribution in [-0.2, 0) is 4.79 Å². The molecule has 1 heterocycles. The van der Waals surface area contributed by atoms with Crippen LogP contribution in [0.5, 0.6) is 5.75 Å². The lowest BCUT2D eigenvalue weighted by Crippen LogP contribution is -2.21. The molecule has 184 valence electrons. The average molecular weight is 540 g/mol. The van der Waals surface area contributed by atoms with Crippen LogP contribution >= 0.6 is 35.0 Å². The maximum Gasteiger partial charge on any atom is 0.250 e. The zero-order valence-corrected chi connectivity index (χ0v) is 21.9. The number of aromatic nitrogens is 3. The normalized spacial score (nSPS) is 11.4. The Bertz CT molecular complexity index is 1370. The van der Waals surface area contributed by atoms with Gasteiger partial charge in [-0.1, -0.05) is 53.2 Å². The van der Waals surface area contributed by atoms with E-state index in [1.807, 2.05) is 66.1 Å². The summed E-state index contributed by atoms with van der Waals surface area (Å²) in [4.78, 5) is 12.6. The highest BCUT2D eigenvalue weighted by Gasteiger charge is 2.17. The Hall–Kier alpha value is -3.33. The highest BCUT2D eigenvalue weighted by Crippen LogP contribution is 2.29. The molecule has 1 amide bonds. The molecule has 36 heavy (non-hydrogen) atoms. The molecule has 0 aliphatic heterocycles. The van der Waals surface area contributed by atoms with Gasteiger partial charge in [0.2, 0.25) is 0 Å². The molecule has 0 fully saturated rings. The number of thioether (sulfide) groups is 1. The second kappa shape index (κ2) is 12.1. The molecule has 3 aromatic carbocycles. The maximum absolute atomic E-state index is 12.6. The minimum Gasteiger partial charge on any atom is -0.494 e. The molecule has 0 atom stereocenters. The summed E-state index contributed by atoms with van der Waals surface area (Å²) in [5, 5.41) is 14.7. The number of nitrogens with one attached hydrogen (secondary N) is 1. The summed E-state index contributed by atoms with van der Waals surface area (Å²) >= 11 is 13.5. The number of rotatable bonds is 9. The summed E-state index contributed by atoms with van der Waals surface area (Å²) in [5.74, 6) is 1.21. The van der Waals surface area contributed by atoms with Gasteiger partial charge in [-0.2, -0.15) is 5.10 Å². The zero-order chi connectivity index (χ0) is 25.5. The van der Waals surface area contributed by atoms with Crippen LogP contribution in [0.15, 0.2) is 83.1 Å². The Morgan fingerprint density at radius 1 is 1.03 bits per heavy atom. The van der Waals surface area contributed by atoms with E-state index in [0.717, 1.165) is 22.6 Å². The number of hydrogen-bond acceptors (Lipinski definition) is 6. The summed E-state index contributed by atoms with van der Waals surface area (Å²) < 4.78 is 7.46. The number of hydrazone groups is 1. The fraction of sp³-hybridized carbons (Fsp3) is 0.154. The van der Waals surface area contributed by atoms with Crippen molar-refractivity contribution in [2.45, 2.75) is 19.0 Å². The summed E-state index contributed by atoms with van der Waals surface area (Å²) in [7, 11) is 0. The third-order valence-electron chi connectivity index (χ3n) is 5.09. The first-order valence-corrected chi connectivity index (χ1v) is 12.9. The van der Waals surface area contributed by atoms with Crippen LogP contribution in [0.25, 0.3) is 17.1 Å². The molecule has 4 aromatic rings. The predicted octanol–water partition coefficient (Wildman–Crippen LogP) is 6.27. The maximum atomic E-state index is 12.6. The van der Waals surface area contributed by atoms with Gasteiger partial charge in [0.1, 0.15) is 5.75 Å². The molecule has 1 N–H and O–H groups in total. The van der Waals surface area contributed by atoms with Crippen molar-refractivity contribution in [3.8, 4) is 22.8 Å². The van der Waals surface area contributed by atoms with Gasteiger partial charge < -0.3 is 4.74 Å². The topological polar surface area (TPSA) is 81.4 Å². The number of carbonyl (C=O) groups excluding carboxylic acids is 1. The van der Waals surface area contributed by atoms with E-state index in [-0.39, 0.29) is 11.7 Å². The van der Waals surface area contributed by atoms with Gasteiger partial charge in [0.05, 0.1) is 18.1 Å². The fourth-order valence-corrected chi connectivity index (χ4v) is 4.51. The smallest absolute Gasteiger partial charge is 0.250 e. The Morgan fingerprint density at radius 3 is 2.44 bits per heavy atom. The number of benzene rings is 3. The summed E-state index contributed by atoms with van der Waals surface area (Å²) in [6, 6.07) is 22.3. The number of ether oxygens (including phenoxy) is 1. The van der Waals surface area contributed by atoms with Crippen molar-refractivity contribution in [3.63, 3.8) is 0 Å². The SMILES string of the molecule is CCOc1ccc(-n2c(SCC(=O)N/N=C(/C)c3ccccc3Cl)nnc2-c2ccc(Cl)cc2)cc1. The van der Waals surface area contributed by atoms with E-state index in [2.05, 4.69) is 20.7 Å². The van der Waals surface area contributed by atoms with E-state index in [1.165, 1.54) is 11.8 Å². The van der Waals surface area contributed by atoms with Crippen molar-refractivity contribution >= 4 is 46.6 Å². The quantitative estimate of drug-likeness (QED) is 0.154. The lowest BCUT2D eigenvalue weighted by Gasteiger charge is -2.11. The van der Waals surface area contributed by atoms with Gasteiger partial charge in [-0.3, -0.25) is 9.36 Å². The van der Waals surface area contributed by atoms with Crippen molar-refractivity contribution in [3.05, 3.63) is 88.4 Å². The summed E-state index contributed by atoms with van der Waals surface area (Å²) in [6.07, 6.45) is 0. The fourth-order valence-electron chi connectivity index (χ4n) is 3.36. The van der Waals surface area contributed by atoms with E-state index in [9.17, 15) is 4.79 Å². The molecule has 0 spiro atoms. The Balaban J connectivity index is 1.55. The molecule has 7 nitrogen and oxygen atoms in total. The second-order valence-electron chi connectivity index (χ2n) is 7.58. The molecule has 0 aliphatic rings. The van der Waals surface area contributed by atoms with Crippen molar-refractivity contribution < 1.29 is 9.53 Å². The van der Waals surface area contributed by atoms with E-state index in [1.54, 1.807) is 25.1 Å². The molecule has 0 bridgehead atoms. The number of hydrogen-bond donors (Lipinski definition) is 1. The first-order valence-electron chi connectivity index (χ1n) is 11.1. The van der Waals surface area contributed by atoms with E-state index in [0.29, 0.717) is 33.3 Å². The standard InChI is InChI=1S/C26H23Cl2N5O2S/c1-3-35-21-14-12-20(13-15-21)33-25(18-8-10-19(27)11-9-18)31-32-26(33)36-16-24(34)30-29-17(2)22-6-4-5-7-23(22)28/h4-15H,3,16H2,1-2H3,(H,30,34)/b29-17-. The molecule has 10 heteroatoms. The minimum absolute atomic E-state index is 0.0923. The molecular weight excluding hydrogens is 517 g/mol. The van der Waals surface area contributed by atoms with Crippen molar-refractivity contribution in [2.24, 2.45) is 5.10 Å². The number of amides is 1. The second-order valence-corrected chi connectivity index (χ2v) is 9.36. The first kappa shape index (κ1) is 25.8. The third kappa shape index (κ3) is 6.26. The highest BCUT2D eigenvalue weighted by molar-refractivity contribution is 7.99. The van der Waals surface area contributed by atoms with Crippen molar-refractivity contribution in [1.82, 2.24) is 20.2 Å². The zero-order valence-electron chi connectivity index (χ0n) is 19.6. The molecule has 4 rings (SSSR count). The van der Waals surface area contributed by atoms with Crippen LogP contribution in [0.4, 0.5) is 0 Å². The van der Waals surface area contributed by atoms with Gasteiger partial charge in [0.25, 0.3) is 5.91 Å². The van der Waals surface area contributed by atoms with Gasteiger partial charge in [-0.15, -0.1) is 10.2 Å². The monoisotopic (exact) mass is 539 g/mol. The molecule has 0 saturated carbocycles.